The van der Waals surface area contributed by atoms with Crippen molar-refractivity contribution < 1.29 is 14.0 Å². The molecular formula is C19H18N4O4. The molecule has 0 aliphatic carbocycles. The molecule has 0 atom stereocenters. The average molecular weight is 366 g/mol. The molecule has 3 aromatic rings. The monoisotopic (exact) mass is 366 g/mol. The molecule has 0 unspecified atom stereocenters. The Bertz CT molecular complexity index is 1010. The second-order valence-electron chi connectivity index (χ2n) is 5.75. The first kappa shape index (κ1) is 18.1. The van der Waals surface area contributed by atoms with Gasteiger partial charge in [-0.2, -0.15) is 5.10 Å². The van der Waals surface area contributed by atoms with E-state index in [1.54, 1.807) is 36.4 Å². The highest BCUT2D eigenvalue weighted by atomic mass is 16.3. The Morgan fingerprint density at radius 2 is 1.78 bits per heavy atom. The van der Waals surface area contributed by atoms with E-state index in [-0.39, 0.29) is 17.0 Å². The zero-order chi connectivity index (χ0) is 19.2. The minimum Gasteiger partial charge on any atom is -0.459 e. The molecule has 2 aromatic heterocycles. The highest BCUT2D eigenvalue weighted by Crippen LogP contribution is 2.17. The Kier molecular flexibility index (Phi) is 5.46. The second-order valence-corrected chi connectivity index (χ2v) is 5.75. The summed E-state index contributed by atoms with van der Waals surface area (Å²) in [6, 6.07) is 12.6. The normalized spacial score (nSPS) is 10.4. The third kappa shape index (κ3) is 4.49. The molecule has 0 aliphatic heterocycles. The molecule has 27 heavy (non-hydrogen) atoms. The maximum absolute atomic E-state index is 12.4. The highest BCUT2D eigenvalue weighted by Gasteiger charge is 2.12. The Balaban J connectivity index is 1.72. The number of carbonyl (C=O) groups excluding carboxylic acids is 2. The average Bonchev–Trinajstić information content (AvgIpc) is 3.19. The number of nitrogens with zero attached hydrogens (tertiary/aromatic N) is 2. The Morgan fingerprint density at radius 1 is 1.04 bits per heavy atom. The molecule has 3 rings (SSSR count). The molecule has 2 heterocycles. The maximum atomic E-state index is 12.4. The van der Waals surface area contributed by atoms with Crippen LogP contribution in [0.2, 0.25) is 0 Å². The first-order valence-corrected chi connectivity index (χ1v) is 8.41. The van der Waals surface area contributed by atoms with Gasteiger partial charge in [-0.15, -0.1) is 0 Å². The second kappa shape index (κ2) is 8.13. The van der Waals surface area contributed by atoms with Crippen LogP contribution < -0.4 is 16.2 Å². The van der Waals surface area contributed by atoms with Crippen LogP contribution in [0.5, 0.6) is 0 Å². The predicted octanol–water partition coefficient (Wildman–Crippen LogP) is 2.75. The van der Waals surface area contributed by atoms with Gasteiger partial charge in [0.1, 0.15) is 5.69 Å². The molecule has 138 valence electrons. The molecule has 0 radical (unpaired) electrons. The van der Waals surface area contributed by atoms with Gasteiger partial charge in [0.25, 0.3) is 17.4 Å². The smallest absolute Gasteiger partial charge is 0.291 e. The fraction of sp³-hybridized carbons (Fsp3) is 0.158. The van der Waals surface area contributed by atoms with Crippen LogP contribution in [0.3, 0.4) is 0 Å². The van der Waals surface area contributed by atoms with E-state index in [9.17, 15) is 14.4 Å². The van der Waals surface area contributed by atoms with Crippen molar-refractivity contribution in [2.24, 2.45) is 0 Å². The van der Waals surface area contributed by atoms with E-state index in [2.05, 4.69) is 15.7 Å². The summed E-state index contributed by atoms with van der Waals surface area (Å²) in [7, 11) is 0. The molecule has 1 aromatic carbocycles. The van der Waals surface area contributed by atoms with Crippen LogP contribution in [0.4, 0.5) is 11.4 Å². The van der Waals surface area contributed by atoms with Crippen molar-refractivity contribution in [1.82, 2.24) is 9.78 Å². The van der Waals surface area contributed by atoms with Gasteiger partial charge in [0.05, 0.1) is 6.26 Å². The Labute approximate surface area is 154 Å². The number of aromatic nitrogens is 2. The number of amides is 2. The fourth-order valence-electron chi connectivity index (χ4n) is 2.41. The largest absolute Gasteiger partial charge is 0.459 e. The number of furan rings is 1. The lowest BCUT2D eigenvalue weighted by Gasteiger charge is -2.09. The van der Waals surface area contributed by atoms with E-state index >= 15 is 0 Å². The maximum Gasteiger partial charge on any atom is 0.291 e. The lowest BCUT2D eigenvalue weighted by molar-refractivity contribution is 0.0994. The molecule has 0 aliphatic rings. The SMILES string of the molecule is CCCn1nc(C(=O)Nc2cccc(NC(=O)c3ccco3)c2)ccc1=O. The summed E-state index contributed by atoms with van der Waals surface area (Å²) in [5, 5.41) is 9.46. The van der Waals surface area contributed by atoms with E-state index in [1.807, 2.05) is 6.92 Å². The molecule has 2 amide bonds. The van der Waals surface area contributed by atoms with Crippen LogP contribution in [0.25, 0.3) is 0 Å². The number of hydrogen-bond acceptors (Lipinski definition) is 5. The van der Waals surface area contributed by atoms with E-state index in [0.717, 1.165) is 6.42 Å². The summed E-state index contributed by atoms with van der Waals surface area (Å²) in [5.41, 5.74) is 0.856. The topological polar surface area (TPSA) is 106 Å². The van der Waals surface area contributed by atoms with Crippen molar-refractivity contribution in [3.05, 3.63) is 76.6 Å². The van der Waals surface area contributed by atoms with Gasteiger partial charge < -0.3 is 15.1 Å². The van der Waals surface area contributed by atoms with Gasteiger partial charge in [-0.25, -0.2) is 4.68 Å². The summed E-state index contributed by atoms with van der Waals surface area (Å²) >= 11 is 0. The molecular weight excluding hydrogens is 348 g/mol. The first-order chi connectivity index (χ1) is 13.1. The van der Waals surface area contributed by atoms with Crippen LogP contribution >= 0.6 is 0 Å². The van der Waals surface area contributed by atoms with Crippen LogP contribution in [0.1, 0.15) is 34.4 Å². The van der Waals surface area contributed by atoms with E-state index in [0.29, 0.717) is 17.9 Å². The Hall–Kier alpha value is -3.68. The van der Waals surface area contributed by atoms with Gasteiger partial charge in [0, 0.05) is 24.0 Å². The lowest BCUT2D eigenvalue weighted by Crippen LogP contribution is -2.26. The van der Waals surface area contributed by atoms with Gasteiger partial charge in [0.2, 0.25) is 0 Å². The highest BCUT2D eigenvalue weighted by molar-refractivity contribution is 6.04. The van der Waals surface area contributed by atoms with Crippen molar-refractivity contribution in [3.63, 3.8) is 0 Å². The van der Waals surface area contributed by atoms with Crippen LogP contribution in [0, 0.1) is 0 Å². The van der Waals surface area contributed by atoms with Gasteiger partial charge >= 0.3 is 0 Å². The van der Waals surface area contributed by atoms with E-state index in [1.165, 1.54) is 23.1 Å². The number of nitrogens with one attached hydrogen (secondary N) is 2. The van der Waals surface area contributed by atoms with Gasteiger partial charge in [-0.1, -0.05) is 13.0 Å². The lowest BCUT2D eigenvalue weighted by atomic mass is 10.2. The fourth-order valence-corrected chi connectivity index (χ4v) is 2.41. The van der Waals surface area contributed by atoms with E-state index in [4.69, 9.17) is 4.42 Å². The summed E-state index contributed by atoms with van der Waals surface area (Å²) in [6.45, 7) is 2.36. The summed E-state index contributed by atoms with van der Waals surface area (Å²) in [5.74, 6) is -0.655. The number of hydrogen-bond donors (Lipinski definition) is 2. The summed E-state index contributed by atoms with van der Waals surface area (Å²) in [6.07, 6.45) is 2.14. The summed E-state index contributed by atoms with van der Waals surface area (Å²) in [4.78, 5) is 36.1. The van der Waals surface area contributed by atoms with Crippen molar-refractivity contribution in [2.75, 3.05) is 10.6 Å². The molecule has 0 bridgehead atoms. The molecule has 0 saturated carbocycles. The summed E-state index contributed by atoms with van der Waals surface area (Å²) < 4.78 is 6.30. The van der Waals surface area contributed by atoms with Crippen molar-refractivity contribution >= 4 is 23.2 Å². The number of benzene rings is 1. The van der Waals surface area contributed by atoms with Crippen molar-refractivity contribution in [2.45, 2.75) is 19.9 Å². The molecule has 0 saturated heterocycles. The third-order valence-electron chi connectivity index (χ3n) is 3.66. The molecule has 0 fully saturated rings. The Morgan fingerprint density at radius 3 is 2.44 bits per heavy atom. The number of rotatable bonds is 6. The zero-order valence-corrected chi connectivity index (χ0v) is 14.6. The van der Waals surface area contributed by atoms with Gasteiger partial charge in [0.15, 0.2) is 5.76 Å². The molecule has 2 N–H and O–H groups in total. The minimum atomic E-state index is -0.450. The number of anilines is 2. The van der Waals surface area contributed by atoms with Crippen LogP contribution in [-0.2, 0) is 6.54 Å². The molecule has 0 spiro atoms. The first-order valence-electron chi connectivity index (χ1n) is 8.41. The van der Waals surface area contributed by atoms with Crippen LogP contribution in [0.15, 0.2) is 64.0 Å². The number of aryl methyl sites for hydroxylation is 1. The third-order valence-corrected chi connectivity index (χ3v) is 3.66. The van der Waals surface area contributed by atoms with E-state index < -0.39 is 11.8 Å². The molecule has 8 heteroatoms. The van der Waals surface area contributed by atoms with Gasteiger partial charge in [-0.05, 0) is 42.8 Å². The number of carbonyl (C=O) groups is 2. The van der Waals surface area contributed by atoms with Crippen molar-refractivity contribution in [1.29, 1.82) is 0 Å². The molecule has 8 nitrogen and oxygen atoms in total. The van der Waals surface area contributed by atoms with Crippen LogP contribution in [-0.4, -0.2) is 21.6 Å². The quantitative estimate of drug-likeness (QED) is 0.698. The zero-order valence-electron chi connectivity index (χ0n) is 14.6. The predicted molar refractivity (Wildman–Crippen MR) is 99.8 cm³/mol. The van der Waals surface area contributed by atoms with Crippen molar-refractivity contribution in [3.8, 4) is 0 Å². The van der Waals surface area contributed by atoms with Gasteiger partial charge in [-0.3, -0.25) is 14.4 Å². The standard InChI is InChI=1S/C19H18N4O4/c1-2-10-23-17(24)9-8-15(22-23)18(25)20-13-5-3-6-14(12-13)21-19(26)16-7-4-11-27-16/h3-9,11-12H,2,10H2,1H3,(H,20,25)(H,21,26). The minimum absolute atomic E-state index is 0.132.